The fourth-order valence-electron chi connectivity index (χ4n) is 5.55. The van der Waals surface area contributed by atoms with E-state index in [1.807, 2.05) is 42.5 Å². The van der Waals surface area contributed by atoms with Gasteiger partial charge in [0.25, 0.3) is 0 Å². The van der Waals surface area contributed by atoms with Gasteiger partial charge in [0.05, 0.1) is 13.2 Å². The first kappa shape index (κ1) is 32.9. The number of Topliss-reactive ketones (excluding diaryl/α,β-unsaturated/α-hetero) is 1. The number of ketones is 1. The van der Waals surface area contributed by atoms with Crippen LogP contribution in [0.3, 0.4) is 0 Å². The van der Waals surface area contributed by atoms with Gasteiger partial charge in [-0.1, -0.05) is 62.1 Å². The van der Waals surface area contributed by atoms with Gasteiger partial charge in [0.1, 0.15) is 18.1 Å². The van der Waals surface area contributed by atoms with Gasteiger partial charge < -0.3 is 25.0 Å². The lowest BCUT2D eigenvalue weighted by Crippen LogP contribution is -2.14. The van der Waals surface area contributed by atoms with E-state index in [0.29, 0.717) is 37.4 Å². The Morgan fingerprint density at radius 1 is 0.795 bits per heavy atom. The molecule has 6 heteroatoms. The summed E-state index contributed by atoms with van der Waals surface area (Å²) >= 11 is 0. The monoisotopic (exact) mass is 597 g/mol. The number of aliphatic hydroxyl groups excluding tert-OH is 1. The molecule has 234 valence electrons. The SMILES string of the molecule is CCNc1cccc(CCCCCCC[C@H](O)CC(=O)CCc2ccc(OC)c(OCc3ccc4cc(O)ccc4c3)c2)c1. The number of phenolic OH excluding ortho intramolecular Hbond substituents is 1. The molecule has 3 N–H and O–H groups in total. The fourth-order valence-corrected chi connectivity index (χ4v) is 5.55. The smallest absolute Gasteiger partial charge is 0.161 e. The molecule has 0 fully saturated rings. The van der Waals surface area contributed by atoms with E-state index >= 15 is 0 Å². The lowest BCUT2D eigenvalue weighted by molar-refractivity contribution is -0.121. The van der Waals surface area contributed by atoms with Gasteiger partial charge in [-0.2, -0.15) is 0 Å². The molecule has 0 saturated heterocycles. The minimum atomic E-state index is -0.572. The van der Waals surface area contributed by atoms with E-state index in [1.165, 1.54) is 24.1 Å². The van der Waals surface area contributed by atoms with Gasteiger partial charge in [0.15, 0.2) is 11.5 Å². The highest BCUT2D eigenvalue weighted by atomic mass is 16.5. The lowest BCUT2D eigenvalue weighted by Gasteiger charge is -2.13. The summed E-state index contributed by atoms with van der Waals surface area (Å²) in [5.74, 6) is 1.60. The maximum Gasteiger partial charge on any atom is 0.161 e. The van der Waals surface area contributed by atoms with Crippen LogP contribution in [0.5, 0.6) is 17.2 Å². The van der Waals surface area contributed by atoms with E-state index < -0.39 is 6.10 Å². The number of benzene rings is 4. The Kier molecular flexibility index (Phi) is 12.9. The number of unbranched alkanes of at least 4 members (excludes halogenated alkanes) is 4. The summed E-state index contributed by atoms with van der Waals surface area (Å²) in [5, 5.41) is 25.5. The van der Waals surface area contributed by atoms with Gasteiger partial charge in [-0.15, -0.1) is 0 Å². The third-order valence-electron chi connectivity index (χ3n) is 7.98. The van der Waals surface area contributed by atoms with Crippen molar-refractivity contribution in [2.24, 2.45) is 0 Å². The van der Waals surface area contributed by atoms with E-state index in [1.54, 1.807) is 19.2 Å². The van der Waals surface area contributed by atoms with Gasteiger partial charge in [0, 0.05) is 25.1 Å². The van der Waals surface area contributed by atoms with Crippen molar-refractivity contribution in [1.29, 1.82) is 0 Å². The molecule has 44 heavy (non-hydrogen) atoms. The Bertz CT molecular complexity index is 1480. The standard InChI is InChI=1S/C38H47NO5/c1-3-39-33-12-9-11-28(23-33)10-7-5-4-6-8-13-34(40)26-36(42)19-15-29-16-21-37(43-2)38(24-29)44-27-30-14-17-32-25-35(41)20-18-31(32)22-30/h9,11-12,14,16-18,20-25,34,39-41H,3-8,10,13,15,19,26-27H2,1-2H3/t34-/m0/s1. The molecule has 4 aromatic rings. The third-order valence-corrected chi connectivity index (χ3v) is 7.98. The zero-order chi connectivity index (χ0) is 31.1. The van der Waals surface area contributed by atoms with Crippen LogP contribution in [0.25, 0.3) is 10.8 Å². The number of aryl methyl sites for hydroxylation is 2. The van der Waals surface area contributed by atoms with Crippen molar-refractivity contribution in [3.63, 3.8) is 0 Å². The molecule has 0 aliphatic rings. The molecule has 0 bridgehead atoms. The number of aromatic hydroxyl groups is 1. The first-order valence-electron chi connectivity index (χ1n) is 16.0. The minimum absolute atomic E-state index is 0.0813. The molecule has 6 nitrogen and oxygen atoms in total. The van der Waals surface area contributed by atoms with Crippen molar-refractivity contribution in [3.05, 3.63) is 95.6 Å². The van der Waals surface area contributed by atoms with Gasteiger partial charge in [-0.25, -0.2) is 0 Å². The quantitative estimate of drug-likeness (QED) is 0.0941. The predicted octanol–water partition coefficient (Wildman–Crippen LogP) is 8.40. The highest BCUT2D eigenvalue weighted by Crippen LogP contribution is 2.30. The molecule has 4 aromatic carbocycles. The van der Waals surface area contributed by atoms with Crippen LogP contribution in [-0.2, 0) is 24.2 Å². The first-order chi connectivity index (χ1) is 21.4. The normalized spacial score (nSPS) is 11.8. The van der Waals surface area contributed by atoms with Gasteiger partial charge in [-0.05, 0) is 103 Å². The molecule has 0 saturated carbocycles. The summed E-state index contributed by atoms with van der Waals surface area (Å²) < 4.78 is 11.6. The molecule has 0 heterocycles. The maximum atomic E-state index is 12.6. The van der Waals surface area contributed by atoms with E-state index in [0.717, 1.165) is 54.1 Å². The fraction of sp³-hybridized carbons (Fsp3) is 0.395. The Hall–Kier alpha value is -4.03. The average molecular weight is 598 g/mol. The van der Waals surface area contributed by atoms with Crippen LogP contribution >= 0.6 is 0 Å². The molecule has 0 radical (unpaired) electrons. The number of anilines is 1. The Balaban J connectivity index is 1.13. The number of methoxy groups -OCH3 is 1. The summed E-state index contributed by atoms with van der Waals surface area (Å²) in [5.41, 5.74) is 4.56. The van der Waals surface area contributed by atoms with Crippen LogP contribution in [0.4, 0.5) is 5.69 Å². The zero-order valence-corrected chi connectivity index (χ0v) is 26.2. The van der Waals surface area contributed by atoms with Gasteiger partial charge in [0.2, 0.25) is 0 Å². The molecule has 0 aliphatic carbocycles. The Morgan fingerprint density at radius 3 is 2.39 bits per heavy atom. The van der Waals surface area contributed by atoms with Crippen LogP contribution in [0.1, 0.15) is 75.0 Å². The van der Waals surface area contributed by atoms with Crippen LogP contribution in [0.2, 0.25) is 0 Å². The summed E-state index contributed by atoms with van der Waals surface area (Å²) in [6.45, 7) is 3.41. The van der Waals surface area contributed by atoms with Gasteiger partial charge in [-0.3, -0.25) is 4.79 Å². The van der Waals surface area contributed by atoms with E-state index in [9.17, 15) is 15.0 Å². The maximum absolute atomic E-state index is 12.6. The van der Waals surface area contributed by atoms with Crippen molar-refractivity contribution >= 4 is 22.2 Å². The van der Waals surface area contributed by atoms with Crippen molar-refractivity contribution in [2.75, 3.05) is 19.0 Å². The molecule has 0 aliphatic heterocycles. The molecule has 4 rings (SSSR count). The summed E-state index contributed by atoms with van der Waals surface area (Å²) in [6.07, 6.45) is 7.91. The minimum Gasteiger partial charge on any atom is -0.508 e. The molecular weight excluding hydrogens is 550 g/mol. The second-order valence-electron chi connectivity index (χ2n) is 11.6. The number of aliphatic hydroxyl groups is 1. The Morgan fingerprint density at radius 2 is 1.55 bits per heavy atom. The van der Waals surface area contributed by atoms with Crippen molar-refractivity contribution in [2.45, 2.75) is 83.8 Å². The topological polar surface area (TPSA) is 88.0 Å². The molecule has 1 atom stereocenters. The van der Waals surface area contributed by atoms with E-state index in [4.69, 9.17) is 9.47 Å². The van der Waals surface area contributed by atoms with E-state index in [2.05, 4.69) is 36.5 Å². The van der Waals surface area contributed by atoms with Crippen LogP contribution < -0.4 is 14.8 Å². The molecule has 0 spiro atoms. The second-order valence-corrected chi connectivity index (χ2v) is 11.6. The number of hydrogen-bond donors (Lipinski definition) is 3. The zero-order valence-electron chi connectivity index (χ0n) is 26.2. The number of fused-ring (bicyclic) bond motifs is 1. The first-order valence-corrected chi connectivity index (χ1v) is 16.0. The van der Waals surface area contributed by atoms with Crippen molar-refractivity contribution in [1.82, 2.24) is 0 Å². The summed E-state index contributed by atoms with van der Waals surface area (Å²) in [4.78, 5) is 12.6. The number of rotatable bonds is 19. The molecular formula is C38H47NO5. The summed E-state index contributed by atoms with van der Waals surface area (Å²) in [7, 11) is 1.61. The molecule has 0 amide bonds. The molecule has 0 aromatic heterocycles. The largest absolute Gasteiger partial charge is 0.508 e. The van der Waals surface area contributed by atoms with Crippen LogP contribution in [0, 0.1) is 0 Å². The number of phenols is 1. The lowest BCUT2D eigenvalue weighted by atomic mass is 10.00. The average Bonchev–Trinajstić information content (AvgIpc) is 3.02. The Labute approximate surface area is 262 Å². The third kappa shape index (κ3) is 10.6. The number of ether oxygens (including phenoxy) is 2. The summed E-state index contributed by atoms with van der Waals surface area (Å²) in [6, 6.07) is 25.7. The van der Waals surface area contributed by atoms with Crippen molar-refractivity contribution < 1.29 is 24.5 Å². The predicted molar refractivity (Wildman–Crippen MR) is 179 cm³/mol. The highest BCUT2D eigenvalue weighted by Gasteiger charge is 2.13. The number of carbonyl (C=O) groups is 1. The number of nitrogens with one attached hydrogen (secondary N) is 1. The van der Waals surface area contributed by atoms with Crippen molar-refractivity contribution in [3.8, 4) is 17.2 Å². The van der Waals surface area contributed by atoms with Crippen LogP contribution in [-0.4, -0.2) is 35.8 Å². The number of carbonyl (C=O) groups excluding carboxylic acids is 1. The van der Waals surface area contributed by atoms with E-state index in [-0.39, 0.29) is 18.0 Å². The van der Waals surface area contributed by atoms with Crippen LogP contribution in [0.15, 0.2) is 78.9 Å². The molecule has 0 unspecified atom stereocenters. The highest BCUT2D eigenvalue weighted by molar-refractivity contribution is 5.84. The second kappa shape index (κ2) is 17.3. The number of hydrogen-bond acceptors (Lipinski definition) is 6. The van der Waals surface area contributed by atoms with Gasteiger partial charge >= 0.3 is 0 Å².